The van der Waals surface area contributed by atoms with Crippen molar-refractivity contribution < 1.29 is 9.90 Å². The average Bonchev–Trinajstić information content (AvgIpc) is 2.58. The molecule has 0 bridgehead atoms. The molecule has 0 saturated heterocycles. The van der Waals surface area contributed by atoms with Crippen LogP contribution < -0.4 is 5.32 Å². The van der Waals surface area contributed by atoms with E-state index in [0.717, 1.165) is 11.0 Å². The first-order chi connectivity index (χ1) is 7.47. The number of carbonyl (C=O) groups is 1. The number of anilines is 1. The second kappa shape index (κ2) is 3.61. The van der Waals surface area contributed by atoms with Crippen LogP contribution in [0, 0.1) is 0 Å². The second-order valence-corrected chi connectivity index (χ2v) is 4.12. The summed E-state index contributed by atoms with van der Waals surface area (Å²) in [6.07, 6.45) is 0. The molecule has 1 amide bonds. The van der Waals surface area contributed by atoms with E-state index in [2.05, 4.69) is 15.3 Å². The minimum absolute atomic E-state index is 0.341. The second-order valence-electron chi connectivity index (χ2n) is 4.12. The fraction of sp³-hybridized carbons (Fsp3) is 0.273. The number of nitrogens with one attached hydrogen (secondary N) is 2. The zero-order valence-electron chi connectivity index (χ0n) is 9.11. The molecule has 0 fully saturated rings. The van der Waals surface area contributed by atoms with Crippen LogP contribution in [0.15, 0.2) is 24.3 Å². The van der Waals surface area contributed by atoms with Gasteiger partial charge in [0.2, 0.25) is 5.95 Å². The predicted molar refractivity (Wildman–Crippen MR) is 61.0 cm³/mol. The van der Waals surface area contributed by atoms with Crippen molar-refractivity contribution in [2.45, 2.75) is 19.4 Å². The van der Waals surface area contributed by atoms with Gasteiger partial charge in [0, 0.05) is 0 Å². The SMILES string of the molecule is CC(C)(O)C(=O)Nc1nc2ccccc2[nH]1. The van der Waals surface area contributed by atoms with Crippen molar-refractivity contribution in [2.75, 3.05) is 5.32 Å². The third kappa shape index (κ3) is 2.04. The monoisotopic (exact) mass is 219 g/mol. The van der Waals surface area contributed by atoms with E-state index in [9.17, 15) is 9.90 Å². The molecule has 0 aliphatic carbocycles. The molecule has 0 radical (unpaired) electrons. The number of rotatable bonds is 2. The van der Waals surface area contributed by atoms with E-state index < -0.39 is 11.5 Å². The van der Waals surface area contributed by atoms with E-state index in [-0.39, 0.29) is 0 Å². The van der Waals surface area contributed by atoms with E-state index >= 15 is 0 Å². The van der Waals surface area contributed by atoms with Crippen LogP contribution >= 0.6 is 0 Å². The number of benzene rings is 1. The maximum atomic E-state index is 11.5. The first-order valence-corrected chi connectivity index (χ1v) is 4.95. The van der Waals surface area contributed by atoms with Gasteiger partial charge in [-0.1, -0.05) is 12.1 Å². The number of para-hydroxylation sites is 2. The van der Waals surface area contributed by atoms with Gasteiger partial charge in [0.05, 0.1) is 11.0 Å². The lowest BCUT2D eigenvalue weighted by Gasteiger charge is -2.14. The van der Waals surface area contributed by atoms with E-state index in [1.54, 1.807) is 0 Å². The van der Waals surface area contributed by atoms with E-state index in [1.807, 2.05) is 24.3 Å². The van der Waals surface area contributed by atoms with Gasteiger partial charge in [-0.25, -0.2) is 4.98 Å². The molecular formula is C11H13N3O2. The molecule has 2 aromatic rings. The van der Waals surface area contributed by atoms with Crippen molar-refractivity contribution in [1.29, 1.82) is 0 Å². The minimum atomic E-state index is -1.42. The molecule has 5 heteroatoms. The summed E-state index contributed by atoms with van der Waals surface area (Å²) in [5.41, 5.74) is 0.195. The molecule has 0 aliphatic heterocycles. The van der Waals surface area contributed by atoms with Crippen LogP contribution in [0.1, 0.15) is 13.8 Å². The normalized spacial score (nSPS) is 11.7. The third-order valence-electron chi connectivity index (χ3n) is 2.18. The maximum Gasteiger partial charge on any atom is 0.258 e. The lowest BCUT2D eigenvalue weighted by molar-refractivity contribution is -0.130. The van der Waals surface area contributed by atoms with E-state index in [4.69, 9.17) is 0 Å². The molecule has 16 heavy (non-hydrogen) atoms. The van der Waals surface area contributed by atoms with Gasteiger partial charge in [-0.2, -0.15) is 0 Å². The highest BCUT2D eigenvalue weighted by Crippen LogP contribution is 2.14. The van der Waals surface area contributed by atoms with Crippen molar-refractivity contribution in [3.63, 3.8) is 0 Å². The minimum Gasteiger partial charge on any atom is -0.381 e. The number of H-pyrrole nitrogens is 1. The van der Waals surface area contributed by atoms with Gasteiger partial charge in [0.15, 0.2) is 0 Å². The van der Waals surface area contributed by atoms with Gasteiger partial charge in [-0.3, -0.25) is 10.1 Å². The number of amides is 1. The molecule has 0 atom stereocenters. The summed E-state index contributed by atoms with van der Waals surface area (Å²) in [5.74, 6) is -0.153. The Hall–Kier alpha value is -1.88. The number of carbonyl (C=O) groups excluding carboxylic acids is 1. The summed E-state index contributed by atoms with van der Waals surface area (Å²) in [4.78, 5) is 18.6. The highest BCUT2D eigenvalue weighted by Gasteiger charge is 2.24. The first kappa shape index (κ1) is 10.6. The third-order valence-corrected chi connectivity index (χ3v) is 2.18. The largest absolute Gasteiger partial charge is 0.381 e. The first-order valence-electron chi connectivity index (χ1n) is 4.95. The van der Waals surface area contributed by atoms with Gasteiger partial charge in [-0.15, -0.1) is 0 Å². The van der Waals surface area contributed by atoms with Crippen LogP contribution in [0.3, 0.4) is 0 Å². The van der Waals surface area contributed by atoms with Crippen LogP contribution in [-0.2, 0) is 4.79 Å². The molecule has 1 aromatic carbocycles. The van der Waals surface area contributed by atoms with Crippen LogP contribution in [0.2, 0.25) is 0 Å². The molecule has 1 aromatic heterocycles. The Morgan fingerprint density at radius 2 is 2.12 bits per heavy atom. The lowest BCUT2D eigenvalue weighted by Crippen LogP contribution is -2.36. The smallest absolute Gasteiger partial charge is 0.258 e. The van der Waals surface area contributed by atoms with Gasteiger partial charge in [0.1, 0.15) is 5.60 Å². The molecule has 0 saturated carbocycles. The summed E-state index contributed by atoms with van der Waals surface area (Å²) in [5, 5.41) is 12.0. The fourth-order valence-electron chi connectivity index (χ4n) is 1.27. The lowest BCUT2D eigenvalue weighted by atomic mass is 10.1. The van der Waals surface area contributed by atoms with Crippen molar-refractivity contribution in [2.24, 2.45) is 0 Å². The molecule has 1 heterocycles. The van der Waals surface area contributed by atoms with E-state index in [1.165, 1.54) is 13.8 Å². The molecule has 3 N–H and O–H groups in total. The Kier molecular flexibility index (Phi) is 2.40. The Balaban J connectivity index is 2.25. The Morgan fingerprint density at radius 3 is 2.75 bits per heavy atom. The van der Waals surface area contributed by atoms with Gasteiger partial charge < -0.3 is 10.1 Å². The summed E-state index contributed by atoms with van der Waals surface area (Å²) >= 11 is 0. The van der Waals surface area contributed by atoms with Crippen LogP contribution in [0.25, 0.3) is 11.0 Å². The number of imidazole rings is 1. The van der Waals surface area contributed by atoms with Gasteiger partial charge in [-0.05, 0) is 26.0 Å². The summed E-state index contributed by atoms with van der Waals surface area (Å²) in [6, 6.07) is 7.44. The summed E-state index contributed by atoms with van der Waals surface area (Å²) in [6.45, 7) is 2.84. The number of nitrogens with zero attached hydrogens (tertiary/aromatic N) is 1. The molecule has 0 unspecified atom stereocenters. The van der Waals surface area contributed by atoms with Crippen LogP contribution in [0.5, 0.6) is 0 Å². The molecular weight excluding hydrogens is 206 g/mol. The van der Waals surface area contributed by atoms with Crippen molar-refractivity contribution in [3.05, 3.63) is 24.3 Å². The van der Waals surface area contributed by atoms with E-state index in [0.29, 0.717) is 5.95 Å². The van der Waals surface area contributed by atoms with Gasteiger partial charge >= 0.3 is 0 Å². The molecule has 2 rings (SSSR count). The van der Waals surface area contributed by atoms with Crippen molar-refractivity contribution in [3.8, 4) is 0 Å². The van der Waals surface area contributed by atoms with Crippen LogP contribution in [-0.4, -0.2) is 26.6 Å². The predicted octanol–water partition coefficient (Wildman–Crippen LogP) is 1.27. The number of hydrogen-bond donors (Lipinski definition) is 3. The standard InChI is InChI=1S/C11H13N3O2/c1-11(2,16)9(15)14-10-12-7-5-3-4-6-8(7)13-10/h3-6,16H,1-2H3,(H2,12,13,14,15). The molecule has 5 nitrogen and oxygen atoms in total. The molecule has 0 spiro atoms. The summed E-state index contributed by atoms with van der Waals surface area (Å²) in [7, 11) is 0. The number of aromatic amines is 1. The topological polar surface area (TPSA) is 78.0 Å². The van der Waals surface area contributed by atoms with Crippen molar-refractivity contribution >= 4 is 22.9 Å². The Labute approximate surface area is 92.5 Å². The highest BCUT2D eigenvalue weighted by atomic mass is 16.3. The quantitative estimate of drug-likeness (QED) is 0.711. The number of aromatic nitrogens is 2. The maximum absolute atomic E-state index is 11.5. The Bertz CT molecular complexity index is 492. The number of aliphatic hydroxyl groups is 1. The fourth-order valence-corrected chi connectivity index (χ4v) is 1.27. The summed E-state index contributed by atoms with van der Waals surface area (Å²) < 4.78 is 0. The van der Waals surface area contributed by atoms with Gasteiger partial charge in [0.25, 0.3) is 5.91 Å². The highest BCUT2D eigenvalue weighted by molar-refractivity contribution is 5.96. The zero-order chi connectivity index (χ0) is 11.8. The number of hydrogen-bond acceptors (Lipinski definition) is 3. The zero-order valence-corrected chi connectivity index (χ0v) is 9.11. The number of fused-ring (bicyclic) bond motifs is 1. The molecule has 84 valence electrons. The Morgan fingerprint density at radius 1 is 1.44 bits per heavy atom. The van der Waals surface area contributed by atoms with Crippen LogP contribution in [0.4, 0.5) is 5.95 Å². The van der Waals surface area contributed by atoms with Crippen molar-refractivity contribution in [1.82, 2.24) is 9.97 Å². The molecule has 0 aliphatic rings. The average molecular weight is 219 g/mol.